The Labute approximate surface area is 89.9 Å². The average Bonchev–Trinajstić information content (AvgIpc) is 2.13. The van der Waals surface area contributed by atoms with Crippen LogP contribution in [0.5, 0.6) is 0 Å². The van der Waals surface area contributed by atoms with Crippen molar-refractivity contribution in [2.45, 2.75) is 31.9 Å². The fourth-order valence-corrected chi connectivity index (χ4v) is 2.06. The third-order valence-electron chi connectivity index (χ3n) is 2.92. The highest BCUT2D eigenvalue weighted by molar-refractivity contribution is 5.66. The number of nitrogens with zero attached hydrogens (tertiary/aromatic N) is 1. The lowest BCUT2D eigenvalue weighted by Gasteiger charge is -2.37. The van der Waals surface area contributed by atoms with E-state index in [-0.39, 0.29) is 24.5 Å². The Morgan fingerprint density at radius 3 is 2.80 bits per heavy atom. The van der Waals surface area contributed by atoms with E-state index in [2.05, 4.69) is 0 Å². The van der Waals surface area contributed by atoms with E-state index in [0.717, 1.165) is 19.5 Å². The molecule has 5 nitrogen and oxygen atoms in total. The van der Waals surface area contributed by atoms with Crippen molar-refractivity contribution >= 4 is 5.97 Å². The molecule has 1 rings (SSSR count). The van der Waals surface area contributed by atoms with Gasteiger partial charge in [0.15, 0.2) is 0 Å². The molecule has 88 valence electrons. The molecule has 3 unspecified atom stereocenters. The molecule has 0 spiro atoms. The number of aliphatic hydroxyl groups excluding tert-OH is 1. The molecule has 0 bridgehead atoms. The summed E-state index contributed by atoms with van der Waals surface area (Å²) in [5, 5.41) is 18.1. The zero-order chi connectivity index (χ0) is 11.4. The summed E-state index contributed by atoms with van der Waals surface area (Å²) in [6.45, 7) is 3.76. The van der Waals surface area contributed by atoms with Crippen LogP contribution in [0.25, 0.3) is 0 Å². The van der Waals surface area contributed by atoms with Crippen molar-refractivity contribution in [3.05, 3.63) is 0 Å². The summed E-state index contributed by atoms with van der Waals surface area (Å²) >= 11 is 0. The normalized spacial score (nSPS) is 30.1. The number of rotatable bonds is 4. The standard InChI is InChI=1S/C10H20N2O3/c1-7(13)8-4-9(11)6-12(5-8)3-2-10(14)15/h7-9,13H,2-6,11H2,1H3,(H,14,15). The van der Waals surface area contributed by atoms with Crippen LogP contribution in [0.4, 0.5) is 0 Å². The lowest BCUT2D eigenvalue weighted by Crippen LogP contribution is -2.49. The maximum Gasteiger partial charge on any atom is 0.304 e. The summed E-state index contributed by atoms with van der Waals surface area (Å²) in [6, 6.07) is 0.0483. The molecule has 0 aliphatic carbocycles. The van der Waals surface area contributed by atoms with E-state index in [1.54, 1.807) is 6.92 Å². The maximum atomic E-state index is 10.4. The molecule has 0 aromatic rings. The van der Waals surface area contributed by atoms with Crippen molar-refractivity contribution in [1.82, 2.24) is 4.90 Å². The summed E-state index contributed by atoms with van der Waals surface area (Å²) in [6.07, 6.45) is 0.587. The smallest absolute Gasteiger partial charge is 0.304 e. The van der Waals surface area contributed by atoms with Gasteiger partial charge in [0, 0.05) is 25.7 Å². The number of carboxylic acid groups (broad SMARTS) is 1. The number of nitrogens with two attached hydrogens (primary N) is 1. The Bertz CT molecular complexity index is 221. The van der Waals surface area contributed by atoms with Crippen LogP contribution in [-0.2, 0) is 4.79 Å². The van der Waals surface area contributed by atoms with Crippen molar-refractivity contribution < 1.29 is 15.0 Å². The van der Waals surface area contributed by atoms with Gasteiger partial charge in [-0.25, -0.2) is 0 Å². The summed E-state index contributed by atoms with van der Waals surface area (Å²) in [4.78, 5) is 12.5. The van der Waals surface area contributed by atoms with E-state index in [4.69, 9.17) is 10.8 Å². The number of piperidine rings is 1. The van der Waals surface area contributed by atoms with Gasteiger partial charge >= 0.3 is 5.97 Å². The summed E-state index contributed by atoms with van der Waals surface area (Å²) in [5.41, 5.74) is 5.86. The van der Waals surface area contributed by atoms with Gasteiger partial charge in [-0.15, -0.1) is 0 Å². The molecule has 1 heterocycles. The van der Waals surface area contributed by atoms with Gasteiger partial charge in [-0.2, -0.15) is 0 Å². The predicted molar refractivity (Wildman–Crippen MR) is 56.5 cm³/mol. The number of hydrogen-bond acceptors (Lipinski definition) is 4. The summed E-state index contributed by atoms with van der Waals surface area (Å²) < 4.78 is 0. The van der Waals surface area contributed by atoms with E-state index in [1.165, 1.54) is 0 Å². The van der Waals surface area contributed by atoms with Crippen LogP contribution in [0.3, 0.4) is 0 Å². The molecule has 4 N–H and O–H groups in total. The molecular weight excluding hydrogens is 196 g/mol. The lowest BCUT2D eigenvalue weighted by atomic mass is 9.90. The van der Waals surface area contributed by atoms with E-state index < -0.39 is 5.97 Å². The highest BCUT2D eigenvalue weighted by Gasteiger charge is 2.27. The fraction of sp³-hybridized carbons (Fsp3) is 0.900. The molecule has 0 saturated carbocycles. The van der Waals surface area contributed by atoms with Gasteiger partial charge in [0.2, 0.25) is 0 Å². The first-order valence-corrected chi connectivity index (χ1v) is 5.37. The minimum absolute atomic E-state index is 0.0483. The molecule has 1 fully saturated rings. The number of hydrogen-bond donors (Lipinski definition) is 3. The minimum atomic E-state index is -0.789. The molecule has 3 atom stereocenters. The molecule has 1 saturated heterocycles. The number of aliphatic carboxylic acids is 1. The Balaban J connectivity index is 2.41. The van der Waals surface area contributed by atoms with Gasteiger partial charge in [0.05, 0.1) is 12.5 Å². The second-order valence-corrected chi connectivity index (χ2v) is 4.40. The van der Waals surface area contributed by atoms with Gasteiger partial charge in [-0.3, -0.25) is 4.79 Å². The van der Waals surface area contributed by atoms with Crippen LogP contribution in [0.15, 0.2) is 0 Å². The molecule has 0 aromatic carbocycles. The topological polar surface area (TPSA) is 86.8 Å². The van der Waals surface area contributed by atoms with E-state index >= 15 is 0 Å². The molecule has 1 aliphatic rings. The van der Waals surface area contributed by atoms with Gasteiger partial charge in [-0.05, 0) is 19.3 Å². The van der Waals surface area contributed by atoms with Crippen molar-refractivity contribution in [1.29, 1.82) is 0 Å². The zero-order valence-corrected chi connectivity index (χ0v) is 9.09. The molecule has 15 heavy (non-hydrogen) atoms. The highest BCUT2D eigenvalue weighted by Crippen LogP contribution is 2.19. The second-order valence-electron chi connectivity index (χ2n) is 4.40. The van der Waals surface area contributed by atoms with Crippen molar-refractivity contribution in [2.24, 2.45) is 11.7 Å². The van der Waals surface area contributed by atoms with Crippen LogP contribution in [0.2, 0.25) is 0 Å². The third-order valence-corrected chi connectivity index (χ3v) is 2.92. The first-order chi connectivity index (χ1) is 6.99. The summed E-state index contributed by atoms with van der Waals surface area (Å²) in [5.74, 6) is -0.620. The van der Waals surface area contributed by atoms with Crippen LogP contribution in [-0.4, -0.2) is 52.9 Å². The number of carboxylic acids is 1. The molecule has 0 aromatic heterocycles. The SMILES string of the molecule is CC(O)C1CC(N)CN(CCC(=O)O)C1. The Morgan fingerprint density at radius 2 is 2.27 bits per heavy atom. The van der Waals surface area contributed by atoms with Crippen LogP contribution >= 0.6 is 0 Å². The van der Waals surface area contributed by atoms with Crippen LogP contribution in [0, 0.1) is 5.92 Å². The van der Waals surface area contributed by atoms with Crippen molar-refractivity contribution in [2.75, 3.05) is 19.6 Å². The Hall–Kier alpha value is -0.650. The first-order valence-electron chi connectivity index (χ1n) is 5.37. The van der Waals surface area contributed by atoms with Crippen molar-refractivity contribution in [3.63, 3.8) is 0 Å². The first kappa shape index (κ1) is 12.4. The molecule has 5 heteroatoms. The summed E-state index contributed by atoms with van der Waals surface area (Å²) in [7, 11) is 0. The second kappa shape index (κ2) is 5.44. The number of carbonyl (C=O) groups is 1. The largest absolute Gasteiger partial charge is 0.481 e. The van der Waals surface area contributed by atoms with Crippen LogP contribution in [0.1, 0.15) is 19.8 Å². The van der Waals surface area contributed by atoms with Gasteiger partial charge in [-0.1, -0.05) is 0 Å². The van der Waals surface area contributed by atoms with E-state index in [1.807, 2.05) is 4.90 Å². The van der Waals surface area contributed by atoms with Crippen LogP contribution < -0.4 is 5.73 Å². The maximum absolute atomic E-state index is 10.4. The van der Waals surface area contributed by atoms with E-state index in [9.17, 15) is 9.90 Å². The molecule has 0 amide bonds. The third kappa shape index (κ3) is 4.15. The highest BCUT2D eigenvalue weighted by atomic mass is 16.4. The van der Waals surface area contributed by atoms with Gasteiger partial charge in [0.1, 0.15) is 0 Å². The van der Waals surface area contributed by atoms with Crippen molar-refractivity contribution in [3.8, 4) is 0 Å². The quantitative estimate of drug-likeness (QED) is 0.589. The molecular formula is C10H20N2O3. The van der Waals surface area contributed by atoms with Gasteiger partial charge < -0.3 is 20.8 Å². The predicted octanol–water partition coefficient (Wildman–Crippen LogP) is -0.509. The molecule has 0 radical (unpaired) electrons. The van der Waals surface area contributed by atoms with E-state index in [0.29, 0.717) is 6.54 Å². The lowest BCUT2D eigenvalue weighted by molar-refractivity contribution is -0.137. The Morgan fingerprint density at radius 1 is 1.60 bits per heavy atom. The monoisotopic (exact) mass is 216 g/mol. The van der Waals surface area contributed by atoms with Gasteiger partial charge in [0.25, 0.3) is 0 Å². The Kier molecular flexibility index (Phi) is 4.50. The zero-order valence-electron chi connectivity index (χ0n) is 9.09. The molecule has 1 aliphatic heterocycles. The number of aliphatic hydroxyl groups is 1. The number of likely N-dealkylation sites (tertiary alicyclic amines) is 1. The average molecular weight is 216 g/mol. The fourth-order valence-electron chi connectivity index (χ4n) is 2.06. The minimum Gasteiger partial charge on any atom is -0.481 e.